The van der Waals surface area contributed by atoms with Crippen LogP contribution in [0, 0.1) is 0 Å². The molecule has 2 nitrogen and oxygen atoms in total. The van der Waals surface area contributed by atoms with E-state index >= 15 is 0 Å². The first-order valence-electron chi connectivity index (χ1n) is 6.65. The van der Waals surface area contributed by atoms with Crippen LogP contribution in [0.25, 0.3) is 28.2 Å². The van der Waals surface area contributed by atoms with Crippen LogP contribution in [0.1, 0.15) is 17.7 Å². The van der Waals surface area contributed by atoms with Gasteiger partial charge >= 0.3 is 0 Å². The summed E-state index contributed by atoms with van der Waals surface area (Å²) in [6.07, 6.45) is 10.0. The Labute approximate surface area is 125 Å². The third-order valence-corrected chi connectivity index (χ3v) is 4.31. The number of aryl methyl sites for hydroxylation is 1. The quantitative estimate of drug-likeness (QED) is 0.613. The molecule has 0 saturated carbocycles. The number of allylic oxidation sites excluding steroid dienone is 1. The number of hydrogen-bond acceptors (Lipinski definition) is 2. The van der Waals surface area contributed by atoms with Gasteiger partial charge in [-0.1, -0.05) is 6.08 Å². The second kappa shape index (κ2) is 4.60. The van der Waals surface area contributed by atoms with Crippen LogP contribution in [0.3, 0.4) is 0 Å². The van der Waals surface area contributed by atoms with Gasteiger partial charge in [-0.15, -0.1) is 0 Å². The Morgan fingerprint density at radius 1 is 1.10 bits per heavy atom. The van der Waals surface area contributed by atoms with Crippen molar-refractivity contribution in [3.8, 4) is 11.1 Å². The molecular formula is C17H12BrNO. The predicted octanol–water partition coefficient (Wildman–Crippen LogP) is 5.22. The van der Waals surface area contributed by atoms with E-state index in [1.54, 1.807) is 0 Å². The number of fused-ring (bicyclic) bond motifs is 3. The molecule has 4 rings (SSSR count). The molecule has 0 radical (unpaired) electrons. The van der Waals surface area contributed by atoms with Gasteiger partial charge in [0.2, 0.25) is 0 Å². The topological polar surface area (TPSA) is 26.0 Å². The van der Waals surface area contributed by atoms with Crippen LogP contribution in [-0.2, 0) is 6.42 Å². The Kier molecular flexibility index (Phi) is 2.74. The SMILES string of the molecule is Brc1cc(-c2ccncc2)cc2c3c(oc12)C=CCC3. The summed E-state index contributed by atoms with van der Waals surface area (Å²) in [5.41, 5.74) is 4.62. The summed E-state index contributed by atoms with van der Waals surface area (Å²) in [6, 6.07) is 8.38. The first kappa shape index (κ1) is 11.9. The molecule has 2 heterocycles. The van der Waals surface area contributed by atoms with Crippen molar-refractivity contribution >= 4 is 33.0 Å². The highest BCUT2D eigenvalue weighted by molar-refractivity contribution is 9.10. The highest BCUT2D eigenvalue weighted by atomic mass is 79.9. The van der Waals surface area contributed by atoms with Gasteiger partial charge in [0, 0.05) is 23.3 Å². The molecule has 0 saturated heterocycles. The fraction of sp³-hybridized carbons (Fsp3) is 0.118. The van der Waals surface area contributed by atoms with E-state index in [0.29, 0.717) is 0 Å². The smallest absolute Gasteiger partial charge is 0.149 e. The van der Waals surface area contributed by atoms with Crippen LogP contribution in [0.4, 0.5) is 0 Å². The summed E-state index contributed by atoms with van der Waals surface area (Å²) in [4.78, 5) is 4.08. The van der Waals surface area contributed by atoms with Crippen LogP contribution in [0.2, 0.25) is 0 Å². The predicted molar refractivity (Wildman–Crippen MR) is 84.5 cm³/mol. The molecule has 0 N–H and O–H groups in total. The molecular weight excluding hydrogens is 314 g/mol. The Morgan fingerprint density at radius 2 is 1.95 bits per heavy atom. The van der Waals surface area contributed by atoms with Crippen LogP contribution in [-0.4, -0.2) is 4.98 Å². The number of halogens is 1. The third-order valence-electron chi connectivity index (χ3n) is 3.72. The van der Waals surface area contributed by atoms with Crippen molar-refractivity contribution in [1.82, 2.24) is 4.98 Å². The lowest BCUT2D eigenvalue weighted by atomic mass is 9.98. The van der Waals surface area contributed by atoms with Gasteiger partial charge in [0.05, 0.1) is 4.47 Å². The highest BCUT2D eigenvalue weighted by Crippen LogP contribution is 2.38. The molecule has 0 fully saturated rings. The molecule has 1 aromatic carbocycles. The third kappa shape index (κ3) is 1.81. The Hall–Kier alpha value is -1.87. The van der Waals surface area contributed by atoms with E-state index in [1.807, 2.05) is 24.5 Å². The maximum atomic E-state index is 5.97. The summed E-state index contributed by atoms with van der Waals surface area (Å²) in [5, 5.41) is 1.21. The molecule has 0 spiro atoms. The summed E-state index contributed by atoms with van der Waals surface area (Å²) < 4.78 is 6.97. The number of benzene rings is 1. The van der Waals surface area contributed by atoms with Gasteiger partial charge < -0.3 is 4.42 Å². The van der Waals surface area contributed by atoms with E-state index in [4.69, 9.17) is 4.42 Å². The van der Waals surface area contributed by atoms with Crippen molar-refractivity contribution in [3.05, 3.63) is 58.5 Å². The molecule has 3 heteroatoms. The van der Waals surface area contributed by atoms with Crippen molar-refractivity contribution < 1.29 is 4.42 Å². The minimum absolute atomic E-state index is 0.944. The molecule has 0 unspecified atom stereocenters. The average Bonchev–Trinajstić information content (AvgIpc) is 2.88. The Bertz CT molecular complexity index is 818. The highest BCUT2D eigenvalue weighted by Gasteiger charge is 2.17. The second-order valence-corrected chi connectivity index (χ2v) is 5.81. The maximum Gasteiger partial charge on any atom is 0.149 e. The molecule has 2 aromatic heterocycles. The molecule has 0 aliphatic heterocycles. The summed E-state index contributed by atoms with van der Waals surface area (Å²) in [6.45, 7) is 0. The lowest BCUT2D eigenvalue weighted by Crippen LogP contribution is -1.89. The molecule has 0 amide bonds. The normalized spacial score (nSPS) is 13.7. The van der Waals surface area contributed by atoms with E-state index in [1.165, 1.54) is 22.1 Å². The lowest BCUT2D eigenvalue weighted by molar-refractivity contribution is 0.594. The fourth-order valence-electron chi connectivity index (χ4n) is 2.75. The van der Waals surface area contributed by atoms with Gasteiger partial charge in [-0.2, -0.15) is 0 Å². The van der Waals surface area contributed by atoms with E-state index in [-0.39, 0.29) is 0 Å². The lowest BCUT2D eigenvalue weighted by Gasteiger charge is -2.05. The molecule has 1 aliphatic rings. The van der Waals surface area contributed by atoms with Crippen molar-refractivity contribution in [1.29, 1.82) is 0 Å². The summed E-state index contributed by atoms with van der Waals surface area (Å²) in [5.74, 6) is 0.999. The second-order valence-electron chi connectivity index (χ2n) is 4.96. The van der Waals surface area contributed by atoms with E-state index in [2.05, 4.69) is 45.2 Å². The summed E-state index contributed by atoms with van der Waals surface area (Å²) in [7, 11) is 0. The van der Waals surface area contributed by atoms with Crippen molar-refractivity contribution in [2.24, 2.45) is 0 Å². The molecule has 3 aromatic rings. The molecule has 98 valence electrons. The molecule has 1 aliphatic carbocycles. The number of hydrogen-bond donors (Lipinski definition) is 0. The zero-order chi connectivity index (χ0) is 13.5. The van der Waals surface area contributed by atoms with E-state index < -0.39 is 0 Å². The molecule has 0 bridgehead atoms. The summed E-state index contributed by atoms with van der Waals surface area (Å²) >= 11 is 3.64. The molecule has 20 heavy (non-hydrogen) atoms. The average molecular weight is 326 g/mol. The van der Waals surface area contributed by atoms with Gasteiger partial charge in [-0.25, -0.2) is 0 Å². The number of furan rings is 1. The van der Waals surface area contributed by atoms with E-state index in [9.17, 15) is 0 Å². The first-order valence-corrected chi connectivity index (χ1v) is 7.44. The molecule has 0 atom stereocenters. The van der Waals surface area contributed by atoms with Gasteiger partial charge in [0.25, 0.3) is 0 Å². The Morgan fingerprint density at radius 3 is 2.80 bits per heavy atom. The van der Waals surface area contributed by atoms with Crippen LogP contribution >= 0.6 is 15.9 Å². The maximum absolute atomic E-state index is 5.97. The number of aromatic nitrogens is 1. The standard InChI is InChI=1S/C17H12BrNO/c18-15-10-12(11-5-7-19-8-6-11)9-14-13-3-1-2-4-16(13)20-17(14)15/h2,4-10H,1,3H2. The van der Waals surface area contributed by atoms with Crippen molar-refractivity contribution in [2.45, 2.75) is 12.8 Å². The van der Waals surface area contributed by atoms with Gasteiger partial charge in [0.15, 0.2) is 0 Å². The van der Waals surface area contributed by atoms with E-state index in [0.717, 1.165) is 28.7 Å². The minimum atomic E-state index is 0.944. The van der Waals surface area contributed by atoms with Gasteiger partial charge in [-0.05, 0) is 70.2 Å². The van der Waals surface area contributed by atoms with Crippen LogP contribution < -0.4 is 0 Å². The Balaban J connectivity index is 2.00. The van der Waals surface area contributed by atoms with Gasteiger partial charge in [0.1, 0.15) is 11.3 Å². The largest absolute Gasteiger partial charge is 0.455 e. The fourth-order valence-corrected chi connectivity index (χ4v) is 3.29. The monoisotopic (exact) mass is 325 g/mol. The zero-order valence-electron chi connectivity index (χ0n) is 10.8. The number of pyridine rings is 1. The number of nitrogens with zero attached hydrogens (tertiary/aromatic N) is 1. The van der Waals surface area contributed by atoms with Crippen molar-refractivity contribution in [2.75, 3.05) is 0 Å². The van der Waals surface area contributed by atoms with Crippen LogP contribution in [0.5, 0.6) is 0 Å². The first-order chi connectivity index (χ1) is 9.83. The zero-order valence-corrected chi connectivity index (χ0v) is 12.4. The minimum Gasteiger partial charge on any atom is -0.455 e. The van der Waals surface area contributed by atoms with Crippen molar-refractivity contribution in [3.63, 3.8) is 0 Å². The van der Waals surface area contributed by atoms with Crippen LogP contribution in [0.15, 0.2) is 51.6 Å². The number of rotatable bonds is 1. The van der Waals surface area contributed by atoms with Gasteiger partial charge in [-0.3, -0.25) is 4.98 Å².